The van der Waals surface area contributed by atoms with Gasteiger partial charge in [0.15, 0.2) is 0 Å². The molecule has 0 aromatic carbocycles. The Labute approximate surface area is 79.4 Å². The summed E-state index contributed by atoms with van der Waals surface area (Å²) in [5.41, 5.74) is 1.32. The highest BCUT2D eigenvalue weighted by atomic mass is 16.1. The maximum atomic E-state index is 11.4. The highest BCUT2D eigenvalue weighted by molar-refractivity contribution is 5.88. The van der Waals surface area contributed by atoms with Gasteiger partial charge in [-0.05, 0) is 44.9 Å². The molecule has 0 radical (unpaired) electrons. The SMILES string of the molecule is CC(NC(=O)C=C1CCC1)C1CC1. The summed E-state index contributed by atoms with van der Waals surface area (Å²) in [6, 6.07) is 0.379. The molecular formula is C11H17NO. The van der Waals surface area contributed by atoms with Crippen molar-refractivity contribution in [1.82, 2.24) is 5.32 Å². The lowest BCUT2D eigenvalue weighted by atomic mass is 9.92. The van der Waals surface area contributed by atoms with Crippen molar-refractivity contribution in [1.29, 1.82) is 0 Å². The van der Waals surface area contributed by atoms with Crippen molar-refractivity contribution in [2.45, 2.75) is 45.1 Å². The Balaban J connectivity index is 1.76. The summed E-state index contributed by atoms with van der Waals surface area (Å²) in [5.74, 6) is 0.873. The van der Waals surface area contributed by atoms with E-state index in [2.05, 4.69) is 12.2 Å². The minimum absolute atomic E-state index is 0.120. The number of rotatable bonds is 3. The van der Waals surface area contributed by atoms with Crippen molar-refractivity contribution in [2.24, 2.45) is 5.92 Å². The number of amides is 1. The zero-order valence-corrected chi connectivity index (χ0v) is 8.18. The van der Waals surface area contributed by atoms with Crippen LogP contribution in [0.1, 0.15) is 39.0 Å². The van der Waals surface area contributed by atoms with Crippen LogP contribution in [0, 0.1) is 5.92 Å². The molecule has 13 heavy (non-hydrogen) atoms. The van der Waals surface area contributed by atoms with E-state index in [1.165, 1.54) is 24.8 Å². The first kappa shape index (κ1) is 8.79. The molecular weight excluding hydrogens is 162 g/mol. The van der Waals surface area contributed by atoms with Crippen LogP contribution in [-0.4, -0.2) is 11.9 Å². The van der Waals surface area contributed by atoms with Gasteiger partial charge in [-0.3, -0.25) is 4.79 Å². The number of hydrogen-bond donors (Lipinski definition) is 1. The van der Waals surface area contributed by atoms with E-state index < -0.39 is 0 Å². The first-order valence-electron chi connectivity index (χ1n) is 5.25. The summed E-state index contributed by atoms with van der Waals surface area (Å²) in [6.45, 7) is 2.11. The molecule has 2 rings (SSSR count). The fraction of sp³-hybridized carbons (Fsp3) is 0.727. The van der Waals surface area contributed by atoms with E-state index in [4.69, 9.17) is 0 Å². The highest BCUT2D eigenvalue weighted by Crippen LogP contribution is 2.32. The van der Waals surface area contributed by atoms with Crippen LogP contribution in [0.3, 0.4) is 0 Å². The highest BCUT2D eigenvalue weighted by Gasteiger charge is 2.28. The minimum Gasteiger partial charge on any atom is -0.350 e. The van der Waals surface area contributed by atoms with Crippen LogP contribution in [0.25, 0.3) is 0 Å². The van der Waals surface area contributed by atoms with Crippen molar-refractivity contribution < 1.29 is 4.79 Å². The molecule has 2 nitrogen and oxygen atoms in total. The molecule has 1 unspecified atom stereocenters. The fourth-order valence-electron chi connectivity index (χ4n) is 1.69. The molecule has 2 fully saturated rings. The summed E-state index contributed by atoms with van der Waals surface area (Å²) in [5, 5.41) is 3.03. The van der Waals surface area contributed by atoms with E-state index in [-0.39, 0.29) is 5.91 Å². The number of allylic oxidation sites excluding steroid dienone is 1. The summed E-state index contributed by atoms with van der Waals surface area (Å²) in [4.78, 5) is 11.4. The molecule has 2 aliphatic rings. The Morgan fingerprint density at radius 2 is 2.23 bits per heavy atom. The second-order valence-corrected chi connectivity index (χ2v) is 4.29. The zero-order chi connectivity index (χ0) is 9.26. The standard InChI is InChI=1S/C11H17NO/c1-8(10-5-6-10)12-11(13)7-9-3-2-4-9/h7-8,10H,2-6H2,1H3,(H,12,13). The van der Waals surface area contributed by atoms with Crippen molar-refractivity contribution >= 4 is 5.91 Å². The van der Waals surface area contributed by atoms with Crippen LogP contribution >= 0.6 is 0 Å². The van der Waals surface area contributed by atoms with Crippen molar-refractivity contribution in [3.8, 4) is 0 Å². The predicted molar refractivity (Wildman–Crippen MR) is 52.3 cm³/mol. The van der Waals surface area contributed by atoms with Gasteiger partial charge in [0, 0.05) is 12.1 Å². The molecule has 2 saturated carbocycles. The van der Waals surface area contributed by atoms with E-state index >= 15 is 0 Å². The molecule has 0 aromatic rings. The molecule has 0 aromatic heterocycles. The Morgan fingerprint density at radius 1 is 1.54 bits per heavy atom. The maximum absolute atomic E-state index is 11.4. The van der Waals surface area contributed by atoms with Gasteiger partial charge in [-0.25, -0.2) is 0 Å². The lowest BCUT2D eigenvalue weighted by Crippen LogP contribution is -2.33. The van der Waals surface area contributed by atoms with Gasteiger partial charge in [0.1, 0.15) is 0 Å². The summed E-state index contributed by atoms with van der Waals surface area (Å²) in [6.07, 6.45) is 7.90. The monoisotopic (exact) mass is 179 g/mol. The molecule has 1 amide bonds. The van der Waals surface area contributed by atoms with Gasteiger partial charge in [-0.1, -0.05) is 5.57 Å². The lowest BCUT2D eigenvalue weighted by Gasteiger charge is -2.17. The number of nitrogens with one attached hydrogen (secondary N) is 1. The molecule has 0 spiro atoms. The van der Waals surface area contributed by atoms with Crippen LogP contribution in [0.15, 0.2) is 11.6 Å². The van der Waals surface area contributed by atoms with Gasteiger partial charge in [0.05, 0.1) is 0 Å². The zero-order valence-electron chi connectivity index (χ0n) is 8.18. The van der Waals surface area contributed by atoms with E-state index in [1.807, 2.05) is 0 Å². The molecule has 0 heterocycles. The summed E-state index contributed by atoms with van der Waals surface area (Å²) < 4.78 is 0. The van der Waals surface area contributed by atoms with Gasteiger partial charge >= 0.3 is 0 Å². The topological polar surface area (TPSA) is 29.1 Å². The third kappa shape index (κ3) is 2.33. The quantitative estimate of drug-likeness (QED) is 0.660. The Kier molecular flexibility index (Phi) is 2.38. The largest absolute Gasteiger partial charge is 0.350 e. The number of carbonyl (C=O) groups is 1. The summed E-state index contributed by atoms with van der Waals surface area (Å²) >= 11 is 0. The molecule has 2 heteroatoms. The normalized spacial score (nSPS) is 23.3. The van der Waals surface area contributed by atoms with Gasteiger partial charge in [0.25, 0.3) is 0 Å². The Hall–Kier alpha value is -0.790. The second-order valence-electron chi connectivity index (χ2n) is 4.29. The average molecular weight is 179 g/mol. The smallest absolute Gasteiger partial charge is 0.244 e. The molecule has 0 bridgehead atoms. The first-order valence-corrected chi connectivity index (χ1v) is 5.25. The van der Waals surface area contributed by atoms with Crippen LogP contribution < -0.4 is 5.32 Å². The van der Waals surface area contributed by atoms with Crippen LogP contribution in [0.4, 0.5) is 0 Å². The van der Waals surface area contributed by atoms with Gasteiger partial charge < -0.3 is 5.32 Å². The van der Waals surface area contributed by atoms with Crippen LogP contribution in [0.2, 0.25) is 0 Å². The number of carbonyl (C=O) groups excluding carboxylic acids is 1. The van der Waals surface area contributed by atoms with E-state index in [1.54, 1.807) is 6.08 Å². The first-order chi connectivity index (χ1) is 6.25. The number of hydrogen-bond acceptors (Lipinski definition) is 1. The molecule has 0 aliphatic heterocycles. The predicted octanol–water partition coefficient (Wildman–Crippen LogP) is 2.01. The molecule has 1 atom stereocenters. The molecule has 1 N–H and O–H groups in total. The fourth-order valence-corrected chi connectivity index (χ4v) is 1.69. The van der Waals surface area contributed by atoms with Gasteiger partial charge in [-0.15, -0.1) is 0 Å². The average Bonchev–Trinajstić information content (AvgIpc) is 2.78. The molecule has 2 aliphatic carbocycles. The maximum Gasteiger partial charge on any atom is 0.244 e. The van der Waals surface area contributed by atoms with Crippen LogP contribution in [-0.2, 0) is 4.79 Å². The third-order valence-corrected chi connectivity index (χ3v) is 3.03. The van der Waals surface area contributed by atoms with Crippen LogP contribution in [0.5, 0.6) is 0 Å². The van der Waals surface area contributed by atoms with E-state index in [0.29, 0.717) is 6.04 Å². The minimum atomic E-state index is 0.120. The second kappa shape index (κ2) is 3.52. The molecule has 0 saturated heterocycles. The Morgan fingerprint density at radius 3 is 2.69 bits per heavy atom. The summed E-state index contributed by atoms with van der Waals surface area (Å²) in [7, 11) is 0. The van der Waals surface area contributed by atoms with Crippen molar-refractivity contribution in [2.75, 3.05) is 0 Å². The van der Waals surface area contributed by atoms with Crippen molar-refractivity contribution in [3.05, 3.63) is 11.6 Å². The third-order valence-electron chi connectivity index (χ3n) is 3.03. The van der Waals surface area contributed by atoms with Gasteiger partial charge in [-0.2, -0.15) is 0 Å². The lowest BCUT2D eigenvalue weighted by molar-refractivity contribution is -0.117. The van der Waals surface area contributed by atoms with E-state index in [0.717, 1.165) is 18.8 Å². The molecule has 72 valence electrons. The van der Waals surface area contributed by atoms with E-state index in [9.17, 15) is 4.79 Å². The van der Waals surface area contributed by atoms with Crippen molar-refractivity contribution in [3.63, 3.8) is 0 Å². The Bertz CT molecular complexity index is 234. The van der Waals surface area contributed by atoms with Gasteiger partial charge in [0.2, 0.25) is 5.91 Å².